The molecule has 3 nitrogen and oxygen atoms in total. The molecule has 0 N–H and O–H groups in total. The summed E-state index contributed by atoms with van der Waals surface area (Å²) >= 11 is 0. The van der Waals surface area contributed by atoms with Crippen molar-refractivity contribution in [2.75, 3.05) is 7.11 Å². The van der Waals surface area contributed by atoms with Crippen molar-refractivity contribution in [1.29, 1.82) is 0 Å². The van der Waals surface area contributed by atoms with E-state index in [2.05, 4.69) is 32.8 Å². The first-order valence-electron chi connectivity index (χ1n) is 7.28. The molecule has 4 heteroatoms. The highest BCUT2D eigenvalue weighted by atomic mass is 28.4. The highest BCUT2D eigenvalue weighted by Gasteiger charge is 2.74. The van der Waals surface area contributed by atoms with E-state index in [1.807, 2.05) is 19.9 Å². The Labute approximate surface area is 129 Å². The topological polar surface area (TPSA) is 35.5 Å². The summed E-state index contributed by atoms with van der Waals surface area (Å²) in [6.45, 7) is 18.1. The summed E-state index contributed by atoms with van der Waals surface area (Å²) in [7, 11) is -0.380. The molecule has 1 fully saturated rings. The molecule has 118 valence electrons. The van der Waals surface area contributed by atoms with Crippen LogP contribution in [0.3, 0.4) is 0 Å². The van der Waals surface area contributed by atoms with Crippen molar-refractivity contribution < 1.29 is 14.0 Å². The predicted octanol–water partition coefficient (Wildman–Crippen LogP) is 4.24. The maximum atomic E-state index is 12.4. The first kappa shape index (κ1) is 17.9. The number of allylic oxidation sites excluding steroid dienone is 3. The van der Waals surface area contributed by atoms with Crippen LogP contribution in [0.15, 0.2) is 36.5 Å². The molecule has 0 amide bonds. The van der Waals surface area contributed by atoms with Crippen LogP contribution in [0.25, 0.3) is 0 Å². The van der Waals surface area contributed by atoms with Crippen LogP contribution < -0.4 is 0 Å². The average molecular weight is 308 g/mol. The fourth-order valence-electron chi connectivity index (χ4n) is 2.86. The monoisotopic (exact) mass is 308 g/mol. The van der Waals surface area contributed by atoms with E-state index in [0.29, 0.717) is 12.8 Å². The Hall–Kier alpha value is -1.13. The van der Waals surface area contributed by atoms with Gasteiger partial charge in [0.15, 0.2) is 8.32 Å². The second-order valence-corrected chi connectivity index (χ2v) is 11.4. The molecule has 1 rings (SSSR count). The molecule has 0 aromatic rings. The van der Waals surface area contributed by atoms with Crippen LogP contribution in [0.5, 0.6) is 0 Å². The van der Waals surface area contributed by atoms with Gasteiger partial charge in [0.1, 0.15) is 5.41 Å². The smallest absolute Gasteiger partial charge is 0.315 e. The molecule has 0 aliphatic heterocycles. The van der Waals surface area contributed by atoms with Crippen molar-refractivity contribution in [2.24, 2.45) is 5.41 Å². The number of hydrogen-bond donors (Lipinski definition) is 0. The van der Waals surface area contributed by atoms with Gasteiger partial charge in [0.25, 0.3) is 0 Å². The van der Waals surface area contributed by atoms with Crippen LogP contribution in [-0.2, 0) is 14.0 Å². The lowest BCUT2D eigenvalue weighted by Crippen LogP contribution is -2.40. The molecule has 0 unspecified atom stereocenters. The zero-order valence-electron chi connectivity index (χ0n) is 14.2. The third-order valence-electron chi connectivity index (χ3n) is 4.04. The second-order valence-electron chi connectivity index (χ2n) is 6.93. The Morgan fingerprint density at radius 3 is 2.29 bits per heavy atom. The van der Waals surface area contributed by atoms with Gasteiger partial charge in [0.2, 0.25) is 0 Å². The molecule has 0 bridgehead atoms. The fourth-order valence-corrected chi connectivity index (χ4v) is 4.34. The molecule has 2 atom stereocenters. The first-order chi connectivity index (χ1) is 9.54. The minimum Gasteiger partial charge on any atom is -0.468 e. The van der Waals surface area contributed by atoms with Crippen LogP contribution >= 0.6 is 0 Å². The predicted molar refractivity (Wildman–Crippen MR) is 89.6 cm³/mol. The molecule has 0 aromatic heterocycles. The van der Waals surface area contributed by atoms with Gasteiger partial charge in [-0.3, -0.25) is 4.79 Å². The van der Waals surface area contributed by atoms with Gasteiger partial charge in [-0.1, -0.05) is 30.9 Å². The number of ether oxygens (including phenoxy) is 1. The van der Waals surface area contributed by atoms with Gasteiger partial charge in [0, 0.05) is 0 Å². The summed E-state index contributed by atoms with van der Waals surface area (Å²) < 4.78 is 11.4. The van der Waals surface area contributed by atoms with Gasteiger partial charge in [-0.25, -0.2) is 0 Å². The standard InChI is InChI=1S/C17H28O3Si/c1-9-14(4)10-11-16(15(18)19-5)12-17(16,13(2)3)20-21(6,7)8/h9-10H,1-2,11-12H2,3-8H3/b14-10+/t16-,17+/m1/s1. The summed E-state index contributed by atoms with van der Waals surface area (Å²) in [5, 5.41) is 0. The number of carbonyl (C=O) groups is 1. The van der Waals surface area contributed by atoms with E-state index in [1.54, 1.807) is 6.08 Å². The Morgan fingerprint density at radius 2 is 1.90 bits per heavy atom. The fraction of sp³-hybridized carbons (Fsp3) is 0.588. The van der Waals surface area contributed by atoms with E-state index in [-0.39, 0.29) is 5.97 Å². The summed E-state index contributed by atoms with van der Waals surface area (Å²) in [6, 6.07) is 0. The lowest BCUT2D eigenvalue weighted by molar-refractivity contribution is -0.149. The quantitative estimate of drug-likeness (QED) is 0.305. The molecule has 0 saturated heterocycles. The molecule has 1 aliphatic carbocycles. The molecule has 1 saturated carbocycles. The van der Waals surface area contributed by atoms with E-state index < -0.39 is 19.3 Å². The first-order valence-corrected chi connectivity index (χ1v) is 10.7. The molecule has 0 radical (unpaired) electrons. The highest BCUT2D eigenvalue weighted by molar-refractivity contribution is 6.70. The van der Waals surface area contributed by atoms with E-state index in [1.165, 1.54) is 7.11 Å². The van der Waals surface area contributed by atoms with E-state index in [9.17, 15) is 4.79 Å². The van der Waals surface area contributed by atoms with Crippen molar-refractivity contribution in [1.82, 2.24) is 0 Å². The molecule has 0 aromatic carbocycles. The SMILES string of the molecule is C=C/C(C)=C/C[C@]1(C(=O)OC)C[C@]1(O[Si](C)(C)C)C(=C)C. The van der Waals surface area contributed by atoms with Crippen molar-refractivity contribution in [2.45, 2.75) is 51.9 Å². The van der Waals surface area contributed by atoms with Crippen LogP contribution in [0.1, 0.15) is 26.7 Å². The van der Waals surface area contributed by atoms with Crippen LogP contribution in [-0.4, -0.2) is 27.0 Å². The van der Waals surface area contributed by atoms with Crippen LogP contribution in [0, 0.1) is 5.41 Å². The van der Waals surface area contributed by atoms with Gasteiger partial charge >= 0.3 is 5.97 Å². The number of esters is 1. The Balaban J connectivity index is 3.19. The van der Waals surface area contributed by atoms with Crippen molar-refractivity contribution in [3.05, 3.63) is 36.5 Å². The van der Waals surface area contributed by atoms with E-state index in [4.69, 9.17) is 9.16 Å². The zero-order valence-corrected chi connectivity index (χ0v) is 15.2. The maximum absolute atomic E-state index is 12.4. The Morgan fingerprint density at radius 1 is 1.33 bits per heavy atom. The summed E-state index contributed by atoms with van der Waals surface area (Å²) in [6.07, 6.45) is 5.05. The largest absolute Gasteiger partial charge is 0.468 e. The average Bonchev–Trinajstić information content (AvgIpc) is 3.03. The third-order valence-corrected chi connectivity index (χ3v) is 5.00. The van der Waals surface area contributed by atoms with Crippen molar-refractivity contribution >= 4 is 14.3 Å². The normalized spacial score (nSPS) is 29.0. The van der Waals surface area contributed by atoms with Gasteiger partial charge in [-0.2, -0.15) is 0 Å². The van der Waals surface area contributed by atoms with Gasteiger partial charge in [-0.05, 0) is 51.9 Å². The zero-order chi connectivity index (χ0) is 16.5. The number of rotatable bonds is 7. The Bertz CT molecular complexity index is 487. The second kappa shape index (κ2) is 5.93. The number of methoxy groups -OCH3 is 1. The summed E-state index contributed by atoms with van der Waals surface area (Å²) in [5.74, 6) is -0.211. The van der Waals surface area contributed by atoms with Crippen molar-refractivity contribution in [3.63, 3.8) is 0 Å². The molecule has 21 heavy (non-hydrogen) atoms. The van der Waals surface area contributed by atoms with Gasteiger partial charge in [0.05, 0.1) is 12.7 Å². The summed E-state index contributed by atoms with van der Waals surface area (Å²) in [4.78, 5) is 12.4. The third kappa shape index (κ3) is 3.38. The minimum absolute atomic E-state index is 0.211. The molecular formula is C17H28O3Si. The highest BCUT2D eigenvalue weighted by Crippen LogP contribution is 2.66. The lowest BCUT2D eigenvalue weighted by Gasteiger charge is -2.31. The number of carbonyl (C=O) groups excluding carboxylic acids is 1. The van der Waals surface area contributed by atoms with E-state index in [0.717, 1.165) is 11.1 Å². The number of hydrogen-bond acceptors (Lipinski definition) is 3. The van der Waals surface area contributed by atoms with Gasteiger partial charge in [-0.15, -0.1) is 0 Å². The molecule has 0 spiro atoms. The maximum Gasteiger partial charge on any atom is 0.315 e. The Kier molecular flexibility index (Phi) is 5.06. The van der Waals surface area contributed by atoms with Crippen LogP contribution in [0.2, 0.25) is 19.6 Å². The summed E-state index contributed by atoms with van der Waals surface area (Å²) in [5.41, 5.74) is 0.731. The van der Waals surface area contributed by atoms with Crippen molar-refractivity contribution in [3.8, 4) is 0 Å². The molecular weight excluding hydrogens is 280 g/mol. The van der Waals surface area contributed by atoms with Gasteiger partial charge < -0.3 is 9.16 Å². The van der Waals surface area contributed by atoms with E-state index >= 15 is 0 Å². The lowest BCUT2D eigenvalue weighted by atomic mass is 9.92. The molecule has 1 aliphatic rings. The molecule has 0 heterocycles. The van der Waals surface area contributed by atoms with Crippen LogP contribution in [0.4, 0.5) is 0 Å². The minimum atomic E-state index is -1.81.